The number of phenolic OH excluding ortho intramolecular Hbond substituents is 1. The van der Waals surface area contributed by atoms with Crippen LogP contribution in [0.4, 0.5) is 0 Å². The van der Waals surface area contributed by atoms with Gasteiger partial charge in [0.05, 0.1) is 18.6 Å². The Balaban J connectivity index is 2.00. The van der Waals surface area contributed by atoms with Crippen LogP contribution in [0.5, 0.6) is 11.5 Å². The van der Waals surface area contributed by atoms with E-state index >= 15 is 0 Å². The zero-order valence-electron chi connectivity index (χ0n) is 10.3. The Morgan fingerprint density at radius 2 is 2.00 bits per heavy atom. The van der Waals surface area contributed by atoms with Crippen LogP contribution in [0.1, 0.15) is 5.56 Å². The highest BCUT2D eigenvalue weighted by Gasteiger charge is 2.21. The lowest BCUT2D eigenvalue weighted by molar-refractivity contribution is 0.287. The quantitative estimate of drug-likeness (QED) is 0.873. The second kappa shape index (κ2) is 5.16. The van der Waals surface area contributed by atoms with Crippen molar-refractivity contribution in [2.45, 2.75) is 6.54 Å². The SMILES string of the molecule is COc1ccc(CN2CCS(=O)(=O)CC2)cc1O. The van der Waals surface area contributed by atoms with Crippen LogP contribution < -0.4 is 4.74 Å². The average molecular weight is 271 g/mol. The van der Waals surface area contributed by atoms with E-state index in [0.717, 1.165) is 5.56 Å². The van der Waals surface area contributed by atoms with Gasteiger partial charge in [-0.15, -0.1) is 0 Å². The van der Waals surface area contributed by atoms with Crippen molar-refractivity contribution in [3.8, 4) is 11.5 Å². The Kier molecular flexibility index (Phi) is 3.77. The van der Waals surface area contributed by atoms with Crippen LogP contribution in [0.25, 0.3) is 0 Å². The molecule has 1 aromatic rings. The maximum absolute atomic E-state index is 11.3. The summed E-state index contributed by atoms with van der Waals surface area (Å²) < 4.78 is 27.6. The molecule has 1 saturated heterocycles. The Morgan fingerprint density at radius 1 is 1.33 bits per heavy atom. The van der Waals surface area contributed by atoms with E-state index in [9.17, 15) is 13.5 Å². The van der Waals surface area contributed by atoms with Crippen molar-refractivity contribution in [3.05, 3.63) is 23.8 Å². The Labute approximate surface area is 107 Å². The fourth-order valence-corrected chi connectivity index (χ4v) is 3.28. The number of phenols is 1. The molecule has 0 bridgehead atoms. The van der Waals surface area contributed by atoms with Crippen LogP contribution in [0.15, 0.2) is 18.2 Å². The van der Waals surface area contributed by atoms with Crippen molar-refractivity contribution < 1.29 is 18.3 Å². The highest BCUT2D eigenvalue weighted by molar-refractivity contribution is 7.91. The van der Waals surface area contributed by atoms with Gasteiger partial charge in [0.1, 0.15) is 0 Å². The van der Waals surface area contributed by atoms with E-state index in [-0.39, 0.29) is 17.3 Å². The molecule has 0 atom stereocenters. The van der Waals surface area contributed by atoms with Crippen molar-refractivity contribution in [1.29, 1.82) is 0 Å². The van der Waals surface area contributed by atoms with Gasteiger partial charge in [0.15, 0.2) is 21.3 Å². The molecule has 1 N–H and O–H groups in total. The van der Waals surface area contributed by atoms with Gasteiger partial charge < -0.3 is 9.84 Å². The highest BCUT2D eigenvalue weighted by atomic mass is 32.2. The monoisotopic (exact) mass is 271 g/mol. The molecule has 1 aromatic carbocycles. The molecule has 0 saturated carbocycles. The normalized spacial score (nSPS) is 19.6. The van der Waals surface area contributed by atoms with Crippen molar-refractivity contribution in [2.75, 3.05) is 31.7 Å². The van der Waals surface area contributed by atoms with Crippen LogP contribution in [0, 0.1) is 0 Å². The van der Waals surface area contributed by atoms with Crippen molar-refractivity contribution in [3.63, 3.8) is 0 Å². The zero-order valence-corrected chi connectivity index (χ0v) is 11.1. The minimum atomic E-state index is -2.84. The molecule has 2 rings (SSSR count). The van der Waals surface area contributed by atoms with E-state index in [1.165, 1.54) is 7.11 Å². The van der Waals surface area contributed by atoms with E-state index < -0.39 is 9.84 Å². The number of ether oxygens (including phenoxy) is 1. The van der Waals surface area contributed by atoms with Crippen LogP contribution in [0.3, 0.4) is 0 Å². The number of hydrogen-bond donors (Lipinski definition) is 1. The number of rotatable bonds is 3. The molecule has 0 amide bonds. The lowest BCUT2D eigenvalue weighted by Crippen LogP contribution is -2.39. The van der Waals surface area contributed by atoms with E-state index in [2.05, 4.69) is 4.90 Å². The summed E-state index contributed by atoms with van der Waals surface area (Å²) in [5.74, 6) is 0.990. The standard InChI is InChI=1S/C12H17NO4S/c1-17-12-3-2-10(8-11(12)14)9-13-4-6-18(15,16)7-5-13/h2-3,8,14H,4-7,9H2,1H3. The smallest absolute Gasteiger partial charge is 0.160 e. The van der Waals surface area contributed by atoms with Gasteiger partial charge in [0, 0.05) is 19.6 Å². The first kappa shape index (κ1) is 13.2. The van der Waals surface area contributed by atoms with Crippen molar-refractivity contribution in [1.82, 2.24) is 4.90 Å². The van der Waals surface area contributed by atoms with Crippen LogP contribution in [-0.2, 0) is 16.4 Å². The number of hydrogen-bond acceptors (Lipinski definition) is 5. The molecule has 1 aliphatic heterocycles. The Bertz CT molecular complexity index is 513. The van der Waals surface area contributed by atoms with Gasteiger partial charge in [-0.2, -0.15) is 0 Å². The lowest BCUT2D eigenvalue weighted by Gasteiger charge is -2.26. The molecule has 100 valence electrons. The van der Waals surface area contributed by atoms with E-state index in [1.54, 1.807) is 12.1 Å². The molecule has 0 spiro atoms. The van der Waals surface area contributed by atoms with Gasteiger partial charge in [0.25, 0.3) is 0 Å². The fraction of sp³-hybridized carbons (Fsp3) is 0.500. The molecule has 1 fully saturated rings. The molecule has 18 heavy (non-hydrogen) atoms. The molecule has 1 aliphatic rings. The summed E-state index contributed by atoms with van der Waals surface area (Å²) in [5.41, 5.74) is 0.951. The number of aromatic hydroxyl groups is 1. The molecule has 5 nitrogen and oxygen atoms in total. The summed E-state index contributed by atoms with van der Waals surface area (Å²) in [6, 6.07) is 5.24. The maximum atomic E-state index is 11.3. The largest absolute Gasteiger partial charge is 0.504 e. The molecule has 0 aliphatic carbocycles. The van der Waals surface area contributed by atoms with Crippen LogP contribution in [-0.4, -0.2) is 50.1 Å². The zero-order chi connectivity index (χ0) is 13.2. The topological polar surface area (TPSA) is 66.8 Å². The predicted molar refractivity (Wildman–Crippen MR) is 68.6 cm³/mol. The summed E-state index contributed by atoms with van der Waals surface area (Å²) in [5, 5.41) is 9.66. The Morgan fingerprint density at radius 3 is 2.56 bits per heavy atom. The minimum absolute atomic E-state index is 0.111. The third-order valence-electron chi connectivity index (χ3n) is 3.09. The number of methoxy groups -OCH3 is 1. The minimum Gasteiger partial charge on any atom is -0.504 e. The molecule has 1 heterocycles. The second-order valence-electron chi connectivity index (χ2n) is 4.43. The van der Waals surface area contributed by atoms with Gasteiger partial charge in [-0.05, 0) is 17.7 Å². The number of nitrogens with zero attached hydrogens (tertiary/aromatic N) is 1. The molecule has 0 unspecified atom stereocenters. The van der Waals surface area contributed by atoms with E-state index in [1.807, 2.05) is 6.07 Å². The van der Waals surface area contributed by atoms with Crippen molar-refractivity contribution >= 4 is 9.84 Å². The van der Waals surface area contributed by atoms with Gasteiger partial charge >= 0.3 is 0 Å². The van der Waals surface area contributed by atoms with Gasteiger partial charge in [-0.1, -0.05) is 6.07 Å². The first-order valence-electron chi connectivity index (χ1n) is 5.79. The highest BCUT2D eigenvalue weighted by Crippen LogP contribution is 2.26. The van der Waals surface area contributed by atoms with Crippen molar-refractivity contribution in [2.24, 2.45) is 0 Å². The van der Waals surface area contributed by atoms with Gasteiger partial charge in [-0.3, -0.25) is 4.90 Å². The predicted octanol–water partition coefficient (Wildman–Crippen LogP) is 0.631. The summed E-state index contributed by atoms with van der Waals surface area (Å²) in [6.07, 6.45) is 0. The van der Waals surface area contributed by atoms with Gasteiger partial charge in [0.2, 0.25) is 0 Å². The molecule has 0 aromatic heterocycles. The lowest BCUT2D eigenvalue weighted by atomic mass is 10.2. The second-order valence-corrected chi connectivity index (χ2v) is 6.74. The number of sulfone groups is 1. The third-order valence-corrected chi connectivity index (χ3v) is 4.70. The third kappa shape index (κ3) is 3.14. The summed E-state index contributed by atoms with van der Waals surface area (Å²) in [6.45, 7) is 1.75. The van der Waals surface area contributed by atoms with E-state index in [0.29, 0.717) is 25.4 Å². The summed E-state index contributed by atoms with van der Waals surface area (Å²) >= 11 is 0. The molecular weight excluding hydrogens is 254 g/mol. The molecule has 6 heteroatoms. The fourth-order valence-electron chi connectivity index (χ4n) is 2.00. The van der Waals surface area contributed by atoms with Crippen LogP contribution >= 0.6 is 0 Å². The first-order chi connectivity index (χ1) is 8.50. The maximum Gasteiger partial charge on any atom is 0.160 e. The van der Waals surface area contributed by atoms with Crippen LogP contribution in [0.2, 0.25) is 0 Å². The van der Waals surface area contributed by atoms with Gasteiger partial charge in [-0.25, -0.2) is 8.42 Å². The average Bonchev–Trinajstić information content (AvgIpc) is 2.32. The number of benzene rings is 1. The van der Waals surface area contributed by atoms with E-state index in [4.69, 9.17) is 4.74 Å². The summed E-state index contributed by atoms with van der Waals surface area (Å²) in [4.78, 5) is 2.07. The molecular formula is C12H17NO4S. The summed E-state index contributed by atoms with van der Waals surface area (Å²) in [7, 11) is -1.33. The molecule has 0 radical (unpaired) electrons. The Hall–Kier alpha value is -1.27. The first-order valence-corrected chi connectivity index (χ1v) is 7.61.